The summed E-state index contributed by atoms with van der Waals surface area (Å²) in [5, 5.41) is 54.1. The van der Waals surface area contributed by atoms with Crippen LogP contribution in [0.4, 0.5) is 0 Å². The molecule has 49 heavy (non-hydrogen) atoms. The number of esters is 1. The summed E-state index contributed by atoms with van der Waals surface area (Å²) in [6, 6.07) is 0. The van der Waals surface area contributed by atoms with Crippen LogP contribution in [-0.4, -0.2) is 105 Å². The molecule has 11 nitrogen and oxygen atoms in total. The highest BCUT2D eigenvalue weighted by Gasteiger charge is 2.88. The Morgan fingerprint density at radius 3 is 2.24 bits per heavy atom. The molecule has 3 spiro atoms. The maximum Gasteiger partial charge on any atom is 0.303 e. The molecule has 5 aliphatic carbocycles. The molecule has 3 saturated heterocycles. The van der Waals surface area contributed by atoms with Crippen molar-refractivity contribution in [1.29, 1.82) is 0 Å². The first-order valence-electron chi connectivity index (χ1n) is 19.0. The van der Waals surface area contributed by atoms with Gasteiger partial charge < -0.3 is 49.2 Å². The Bertz CT molecular complexity index is 1370. The van der Waals surface area contributed by atoms with E-state index in [2.05, 4.69) is 34.6 Å². The molecule has 3 aliphatic heterocycles. The number of rotatable bonds is 5. The summed E-state index contributed by atoms with van der Waals surface area (Å²) in [6.45, 7) is 16.3. The molecule has 8 aliphatic rings. The number of aliphatic hydroxyl groups excluding tert-OH is 5. The summed E-state index contributed by atoms with van der Waals surface area (Å²) in [5.74, 6) is -0.561. The first-order chi connectivity index (χ1) is 22.8. The Morgan fingerprint density at radius 1 is 0.898 bits per heavy atom. The standard InChI is InChI=1S/C38H60O11/c1-18-15-20-29(33(5,6)47-19(2)40)49-38(48-20)28(18)34(7)13-14-37-17-36(37)12-11-24(46-30-27(43)26(42)25(41)21(16-39)45-30)32(3,4)22(36)9-10-23(37)35(34,8)31(38)44/h18,20-31,39,41-44H,9-17H2,1-8H3/t18-,20-,21-,22?,23+,24+,25+,26+,27-,28-,29+,30+,31-,34-,35-,36-,37+,38+/m1/s1. The molecule has 3 heterocycles. The van der Waals surface area contributed by atoms with Gasteiger partial charge in [0.2, 0.25) is 0 Å². The van der Waals surface area contributed by atoms with Gasteiger partial charge in [-0.15, -0.1) is 0 Å². The Morgan fingerprint density at radius 2 is 1.57 bits per heavy atom. The van der Waals surface area contributed by atoms with E-state index in [1.54, 1.807) is 0 Å². The minimum atomic E-state index is -1.47. The van der Waals surface area contributed by atoms with Crippen LogP contribution in [0, 0.1) is 50.7 Å². The zero-order valence-electron chi connectivity index (χ0n) is 30.6. The molecule has 5 saturated carbocycles. The number of carbonyl (C=O) groups excluding carboxylic acids is 1. The number of aliphatic hydroxyl groups is 5. The lowest BCUT2D eigenvalue weighted by Crippen LogP contribution is -2.62. The Hall–Kier alpha value is -0.890. The lowest BCUT2D eigenvalue weighted by atomic mass is 9.41. The fraction of sp³-hybridized carbons (Fsp3) is 0.974. The Balaban J connectivity index is 1.08. The minimum absolute atomic E-state index is 0.0123. The van der Waals surface area contributed by atoms with Gasteiger partial charge in [-0.3, -0.25) is 4.79 Å². The predicted octanol–water partition coefficient (Wildman–Crippen LogP) is 3.05. The quantitative estimate of drug-likeness (QED) is 0.213. The molecule has 11 heteroatoms. The zero-order chi connectivity index (χ0) is 35.5. The van der Waals surface area contributed by atoms with Gasteiger partial charge in [-0.2, -0.15) is 0 Å². The van der Waals surface area contributed by atoms with Gasteiger partial charge >= 0.3 is 5.97 Å². The van der Waals surface area contributed by atoms with E-state index in [0.717, 1.165) is 51.4 Å². The average Bonchev–Trinajstić information content (AvgIpc) is 3.53. The highest BCUT2D eigenvalue weighted by Crippen LogP contribution is 2.90. The lowest BCUT2D eigenvalue weighted by Gasteiger charge is -2.63. The highest BCUT2D eigenvalue weighted by molar-refractivity contribution is 5.66. The van der Waals surface area contributed by atoms with E-state index in [9.17, 15) is 30.3 Å². The lowest BCUT2D eigenvalue weighted by molar-refractivity contribution is -0.326. The van der Waals surface area contributed by atoms with E-state index in [-0.39, 0.29) is 51.7 Å². The summed E-state index contributed by atoms with van der Waals surface area (Å²) in [4.78, 5) is 12.1. The van der Waals surface area contributed by atoms with Crippen molar-refractivity contribution in [1.82, 2.24) is 0 Å². The van der Waals surface area contributed by atoms with Crippen molar-refractivity contribution in [2.24, 2.45) is 50.7 Å². The fourth-order valence-corrected chi connectivity index (χ4v) is 14.7. The highest BCUT2D eigenvalue weighted by atomic mass is 16.8. The number of carbonyl (C=O) groups is 1. The van der Waals surface area contributed by atoms with Gasteiger partial charge in [0.15, 0.2) is 12.1 Å². The average molecular weight is 693 g/mol. The molecule has 8 rings (SSSR count). The van der Waals surface area contributed by atoms with E-state index >= 15 is 0 Å². The molecule has 0 radical (unpaired) electrons. The molecule has 0 aromatic carbocycles. The van der Waals surface area contributed by atoms with E-state index < -0.39 is 66.3 Å². The van der Waals surface area contributed by atoms with Crippen molar-refractivity contribution < 1.29 is 54.0 Å². The molecule has 1 unspecified atom stereocenters. The van der Waals surface area contributed by atoms with E-state index in [1.807, 2.05) is 13.8 Å². The molecule has 278 valence electrons. The Kier molecular flexibility index (Phi) is 7.62. The van der Waals surface area contributed by atoms with Gasteiger partial charge in [-0.25, -0.2) is 0 Å². The molecule has 0 amide bonds. The second-order valence-corrected chi connectivity index (χ2v) is 19.3. The largest absolute Gasteiger partial charge is 0.457 e. The third-order valence-corrected chi connectivity index (χ3v) is 16.7. The Labute approximate surface area is 290 Å². The first kappa shape index (κ1) is 35.2. The molecular formula is C38H60O11. The second kappa shape index (κ2) is 10.6. The van der Waals surface area contributed by atoms with Crippen LogP contribution < -0.4 is 0 Å². The van der Waals surface area contributed by atoms with Crippen LogP contribution in [0.5, 0.6) is 0 Å². The summed E-state index contributed by atoms with van der Waals surface area (Å²) in [6.07, 6.45) is -0.517. The molecule has 5 N–H and O–H groups in total. The van der Waals surface area contributed by atoms with Crippen LogP contribution in [-0.2, 0) is 28.5 Å². The van der Waals surface area contributed by atoms with Crippen LogP contribution in [0.15, 0.2) is 0 Å². The van der Waals surface area contributed by atoms with Crippen molar-refractivity contribution in [3.05, 3.63) is 0 Å². The smallest absolute Gasteiger partial charge is 0.303 e. The minimum Gasteiger partial charge on any atom is -0.457 e. The van der Waals surface area contributed by atoms with Crippen molar-refractivity contribution >= 4 is 5.97 Å². The van der Waals surface area contributed by atoms with Crippen LogP contribution in [0.1, 0.15) is 107 Å². The molecule has 8 fully saturated rings. The molecule has 18 atom stereocenters. The van der Waals surface area contributed by atoms with Crippen molar-refractivity contribution in [3.63, 3.8) is 0 Å². The molecule has 0 aromatic heterocycles. The van der Waals surface area contributed by atoms with E-state index in [4.69, 9.17) is 23.7 Å². The third kappa shape index (κ3) is 4.14. The summed E-state index contributed by atoms with van der Waals surface area (Å²) >= 11 is 0. The van der Waals surface area contributed by atoms with Gasteiger partial charge in [-0.05, 0) is 105 Å². The van der Waals surface area contributed by atoms with Crippen LogP contribution in [0.3, 0.4) is 0 Å². The maximum absolute atomic E-state index is 12.8. The van der Waals surface area contributed by atoms with Crippen molar-refractivity contribution in [2.45, 2.75) is 173 Å². The first-order valence-corrected chi connectivity index (χ1v) is 19.0. The fourth-order valence-electron chi connectivity index (χ4n) is 14.7. The van der Waals surface area contributed by atoms with Gasteiger partial charge in [0, 0.05) is 18.3 Å². The topological polar surface area (TPSA) is 164 Å². The number of fused-ring (bicyclic) bond motifs is 4. The van der Waals surface area contributed by atoms with Crippen LogP contribution in [0.25, 0.3) is 0 Å². The molecule has 0 aromatic rings. The molecule has 2 bridgehead atoms. The summed E-state index contributed by atoms with van der Waals surface area (Å²) in [5.41, 5.74) is -1.59. The SMILES string of the molecule is CC(=O)OC(C)(C)[C@H]1O[C@@]23O[C@@H]1C[C@@H](C)[C@@H]2[C@@]1(C)CC[C@@]24C[C@@]25CC[C@H](O[C@@H]2O[C@H](CO)[C@H](O)[C@H](O)[C@H]2O)C(C)(C)C5CC[C@H]4[C@]1(C)[C@H]3O. The third-order valence-electron chi connectivity index (χ3n) is 16.7. The number of hydrogen-bond donors (Lipinski definition) is 5. The van der Waals surface area contributed by atoms with Gasteiger partial charge in [-0.1, -0.05) is 34.6 Å². The van der Waals surface area contributed by atoms with Gasteiger partial charge in [0.1, 0.15) is 42.2 Å². The zero-order valence-corrected chi connectivity index (χ0v) is 30.6. The second-order valence-electron chi connectivity index (χ2n) is 19.3. The van der Waals surface area contributed by atoms with E-state index in [1.165, 1.54) is 6.92 Å². The van der Waals surface area contributed by atoms with Gasteiger partial charge in [0.25, 0.3) is 0 Å². The summed E-state index contributed by atoms with van der Waals surface area (Å²) in [7, 11) is 0. The maximum atomic E-state index is 12.8. The van der Waals surface area contributed by atoms with Crippen molar-refractivity contribution in [3.8, 4) is 0 Å². The predicted molar refractivity (Wildman–Crippen MR) is 174 cm³/mol. The number of ether oxygens (including phenoxy) is 5. The molecular weight excluding hydrogens is 632 g/mol. The monoisotopic (exact) mass is 692 g/mol. The normalized spacial score (nSPS) is 58.4. The van der Waals surface area contributed by atoms with E-state index in [0.29, 0.717) is 11.8 Å². The summed E-state index contributed by atoms with van der Waals surface area (Å²) < 4.78 is 32.0. The van der Waals surface area contributed by atoms with Crippen LogP contribution in [0.2, 0.25) is 0 Å². The van der Waals surface area contributed by atoms with Crippen LogP contribution >= 0.6 is 0 Å². The van der Waals surface area contributed by atoms with Gasteiger partial charge in [0.05, 0.1) is 18.8 Å². The van der Waals surface area contributed by atoms with Crippen molar-refractivity contribution in [2.75, 3.05) is 6.61 Å². The number of hydrogen-bond acceptors (Lipinski definition) is 11.